The highest BCUT2D eigenvalue weighted by atomic mass is 32.2. The summed E-state index contributed by atoms with van der Waals surface area (Å²) >= 11 is 2.10. The maximum Gasteiger partial charge on any atom is 0.193 e. The standard InChI is InChI=1S/C15H29N3OS/c1-12(2)14-11-18(7-9-20-14)15(16-3)17-10-13-6-4-5-8-19-13/h12-14H,4-11H2,1-3H3,(H,16,17). The summed E-state index contributed by atoms with van der Waals surface area (Å²) < 4.78 is 5.78. The summed E-state index contributed by atoms with van der Waals surface area (Å²) in [5.41, 5.74) is 0. The Labute approximate surface area is 127 Å². The Morgan fingerprint density at radius 3 is 2.95 bits per heavy atom. The van der Waals surface area contributed by atoms with Crippen molar-refractivity contribution in [1.29, 1.82) is 0 Å². The van der Waals surface area contributed by atoms with Gasteiger partial charge in [-0.25, -0.2) is 0 Å². The molecule has 116 valence electrons. The van der Waals surface area contributed by atoms with Crippen LogP contribution in [0.4, 0.5) is 0 Å². The lowest BCUT2D eigenvalue weighted by atomic mass is 10.1. The highest BCUT2D eigenvalue weighted by molar-refractivity contribution is 8.00. The smallest absolute Gasteiger partial charge is 0.193 e. The van der Waals surface area contributed by atoms with Crippen molar-refractivity contribution in [2.45, 2.75) is 44.5 Å². The quantitative estimate of drug-likeness (QED) is 0.640. The first-order chi connectivity index (χ1) is 9.70. The highest BCUT2D eigenvalue weighted by Gasteiger charge is 2.25. The van der Waals surface area contributed by atoms with Gasteiger partial charge in [-0.3, -0.25) is 4.99 Å². The summed E-state index contributed by atoms with van der Waals surface area (Å²) in [6, 6.07) is 0. The summed E-state index contributed by atoms with van der Waals surface area (Å²) in [6.07, 6.45) is 4.04. The van der Waals surface area contributed by atoms with E-state index in [4.69, 9.17) is 4.74 Å². The van der Waals surface area contributed by atoms with E-state index in [0.717, 1.165) is 38.1 Å². The number of hydrogen-bond donors (Lipinski definition) is 1. The van der Waals surface area contributed by atoms with Gasteiger partial charge in [-0.15, -0.1) is 0 Å². The lowest BCUT2D eigenvalue weighted by molar-refractivity contribution is 0.0191. The third kappa shape index (κ3) is 4.55. The van der Waals surface area contributed by atoms with Gasteiger partial charge in [0, 0.05) is 44.3 Å². The summed E-state index contributed by atoms with van der Waals surface area (Å²) in [5, 5.41) is 4.23. The van der Waals surface area contributed by atoms with Crippen molar-refractivity contribution in [3.8, 4) is 0 Å². The van der Waals surface area contributed by atoms with Crippen molar-refractivity contribution in [3.05, 3.63) is 0 Å². The first-order valence-electron chi connectivity index (χ1n) is 7.89. The molecular weight excluding hydrogens is 270 g/mol. The Bertz CT molecular complexity index is 316. The third-order valence-corrected chi connectivity index (χ3v) is 5.65. The molecule has 0 amide bonds. The number of nitrogens with one attached hydrogen (secondary N) is 1. The molecule has 0 saturated carbocycles. The summed E-state index contributed by atoms with van der Waals surface area (Å²) in [5.74, 6) is 2.97. The van der Waals surface area contributed by atoms with Crippen LogP contribution >= 0.6 is 11.8 Å². The van der Waals surface area contributed by atoms with Crippen LogP contribution in [0.15, 0.2) is 4.99 Å². The van der Waals surface area contributed by atoms with Gasteiger partial charge in [0.15, 0.2) is 5.96 Å². The molecule has 0 aliphatic carbocycles. The van der Waals surface area contributed by atoms with Gasteiger partial charge in [-0.05, 0) is 25.2 Å². The molecular formula is C15H29N3OS. The van der Waals surface area contributed by atoms with Crippen molar-refractivity contribution in [2.75, 3.05) is 39.0 Å². The minimum atomic E-state index is 0.362. The number of nitrogens with zero attached hydrogens (tertiary/aromatic N) is 2. The van der Waals surface area contributed by atoms with Gasteiger partial charge in [0.1, 0.15) is 0 Å². The first-order valence-corrected chi connectivity index (χ1v) is 8.94. The van der Waals surface area contributed by atoms with Crippen molar-refractivity contribution in [3.63, 3.8) is 0 Å². The molecule has 0 spiro atoms. The van der Waals surface area contributed by atoms with Gasteiger partial charge in [0.25, 0.3) is 0 Å². The molecule has 0 aromatic carbocycles. The molecule has 2 atom stereocenters. The molecule has 0 radical (unpaired) electrons. The van der Waals surface area contributed by atoms with Crippen molar-refractivity contribution in [1.82, 2.24) is 10.2 Å². The van der Waals surface area contributed by atoms with E-state index in [1.807, 2.05) is 7.05 Å². The number of rotatable bonds is 3. The monoisotopic (exact) mass is 299 g/mol. The zero-order chi connectivity index (χ0) is 14.4. The Balaban J connectivity index is 1.81. The second kappa shape index (κ2) is 8.13. The summed E-state index contributed by atoms with van der Waals surface area (Å²) in [6.45, 7) is 8.64. The molecule has 2 unspecified atom stereocenters. The zero-order valence-electron chi connectivity index (χ0n) is 13.1. The number of ether oxygens (including phenoxy) is 1. The molecule has 0 aromatic heterocycles. The molecule has 2 rings (SSSR count). The molecule has 2 saturated heterocycles. The number of guanidine groups is 1. The van der Waals surface area contributed by atoms with E-state index in [1.54, 1.807) is 0 Å². The second-order valence-corrected chi connectivity index (χ2v) is 7.36. The number of aliphatic imine (C=N–C) groups is 1. The fourth-order valence-electron chi connectivity index (χ4n) is 2.78. The van der Waals surface area contributed by atoms with Gasteiger partial charge in [-0.2, -0.15) is 11.8 Å². The van der Waals surface area contributed by atoms with Gasteiger partial charge >= 0.3 is 0 Å². The zero-order valence-corrected chi connectivity index (χ0v) is 13.9. The molecule has 0 bridgehead atoms. The Kier molecular flexibility index (Phi) is 6.49. The first kappa shape index (κ1) is 16.0. The maximum absolute atomic E-state index is 5.78. The van der Waals surface area contributed by atoms with Crippen molar-refractivity contribution >= 4 is 17.7 Å². The average Bonchev–Trinajstić information content (AvgIpc) is 2.49. The maximum atomic E-state index is 5.78. The number of thioether (sulfide) groups is 1. The van der Waals surface area contributed by atoms with E-state index in [0.29, 0.717) is 11.4 Å². The predicted molar refractivity (Wildman–Crippen MR) is 87.6 cm³/mol. The molecule has 2 heterocycles. The minimum Gasteiger partial charge on any atom is -0.376 e. The van der Waals surface area contributed by atoms with Gasteiger partial charge in [0.05, 0.1) is 6.10 Å². The lowest BCUT2D eigenvalue weighted by Crippen LogP contribution is -2.50. The van der Waals surface area contributed by atoms with E-state index < -0.39 is 0 Å². The minimum absolute atomic E-state index is 0.362. The Morgan fingerprint density at radius 1 is 1.45 bits per heavy atom. The Morgan fingerprint density at radius 2 is 2.30 bits per heavy atom. The highest BCUT2D eigenvalue weighted by Crippen LogP contribution is 2.24. The van der Waals surface area contributed by atoms with E-state index >= 15 is 0 Å². The number of hydrogen-bond acceptors (Lipinski definition) is 3. The van der Waals surface area contributed by atoms with E-state index in [1.165, 1.54) is 25.0 Å². The molecule has 2 fully saturated rings. The van der Waals surface area contributed by atoms with Crippen LogP contribution in [0.5, 0.6) is 0 Å². The molecule has 2 aliphatic rings. The van der Waals surface area contributed by atoms with Crippen LogP contribution in [0, 0.1) is 5.92 Å². The van der Waals surface area contributed by atoms with Crippen molar-refractivity contribution < 1.29 is 4.74 Å². The van der Waals surface area contributed by atoms with Crippen LogP contribution in [0.3, 0.4) is 0 Å². The predicted octanol–water partition coefficient (Wildman–Crippen LogP) is 2.20. The largest absolute Gasteiger partial charge is 0.376 e. The van der Waals surface area contributed by atoms with Crippen LogP contribution < -0.4 is 5.32 Å². The lowest BCUT2D eigenvalue weighted by Gasteiger charge is -2.36. The van der Waals surface area contributed by atoms with Gasteiger partial charge in [0.2, 0.25) is 0 Å². The summed E-state index contributed by atoms with van der Waals surface area (Å²) in [4.78, 5) is 6.86. The van der Waals surface area contributed by atoms with Crippen LogP contribution in [0.2, 0.25) is 0 Å². The fraction of sp³-hybridized carbons (Fsp3) is 0.933. The molecule has 20 heavy (non-hydrogen) atoms. The second-order valence-electron chi connectivity index (χ2n) is 6.02. The normalized spacial score (nSPS) is 28.8. The molecule has 2 aliphatic heterocycles. The van der Waals surface area contributed by atoms with Crippen LogP contribution in [-0.2, 0) is 4.74 Å². The van der Waals surface area contributed by atoms with E-state index in [2.05, 4.69) is 40.8 Å². The van der Waals surface area contributed by atoms with Crippen LogP contribution in [0.1, 0.15) is 33.1 Å². The summed E-state index contributed by atoms with van der Waals surface area (Å²) in [7, 11) is 1.89. The molecule has 4 nitrogen and oxygen atoms in total. The third-order valence-electron chi connectivity index (χ3n) is 4.11. The molecule has 0 aromatic rings. The Hall–Kier alpha value is -0.420. The van der Waals surface area contributed by atoms with Gasteiger partial charge < -0.3 is 15.0 Å². The van der Waals surface area contributed by atoms with E-state index in [9.17, 15) is 0 Å². The van der Waals surface area contributed by atoms with Crippen LogP contribution in [0.25, 0.3) is 0 Å². The SMILES string of the molecule is CN=C(NCC1CCCCO1)N1CCSC(C(C)C)C1. The van der Waals surface area contributed by atoms with Gasteiger partial charge in [-0.1, -0.05) is 13.8 Å². The van der Waals surface area contributed by atoms with E-state index in [-0.39, 0.29) is 0 Å². The van der Waals surface area contributed by atoms with Crippen LogP contribution in [-0.4, -0.2) is 61.3 Å². The molecule has 1 N–H and O–H groups in total. The topological polar surface area (TPSA) is 36.9 Å². The van der Waals surface area contributed by atoms with Crippen molar-refractivity contribution in [2.24, 2.45) is 10.9 Å². The average molecular weight is 299 g/mol. The molecule has 5 heteroatoms. The fourth-order valence-corrected chi connectivity index (χ4v) is 4.08.